The van der Waals surface area contributed by atoms with Crippen molar-refractivity contribution < 1.29 is 15.0 Å². The van der Waals surface area contributed by atoms with Crippen LogP contribution in [0.15, 0.2) is 0 Å². The second-order valence-electron chi connectivity index (χ2n) is 6.15. The molecule has 0 amide bonds. The Morgan fingerprint density at radius 2 is 1.67 bits per heavy atom. The molecule has 126 valence electrons. The molecule has 0 aliphatic carbocycles. The van der Waals surface area contributed by atoms with Crippen molar-refractivity contribution in [2.24, 2.45) is 0 Å². The molecular weight excluding hydrogens is 266 g/mol. The number of hydrogen-bond acceptors (Lipinski definition) is 4. The maximum absolute atomic E-state index is 10.3. The van der Waals surface area contributed by atoms with Gasteiger partial charge in [0.15, 0.2) is 0 Å². The van der Waals surface area contributed by atoms with Crippen molar-refractivity contribution in [1.29, 1.82) is 0 Å². The van der Waals surface area contributed by atoms with Gasteiger partial charge in [-0.3, -0.25) is 0 Å². The van der Waals surface area contributed by atoms with Gasteiger partial charge in [-0.2, -0.15) is 0 Å². The molecule has 4 heteroatoms. The predicted molar refractivity (Wildman–Crippen MR) is 85.0 cm³/mol. The fourth-order valence-electron chi connectivity index (χ4n) is 2.53. The number of carboxylic acids is 1. The second-order valence-corrected chi connectivity index (χ2v) is 6.15. The van der Waals surface area contributed by atoms with Crippen molar-refractivity contribution in [3.63, 3.8) is 0 Å². The van der Waals surface area contributed by atoms with E-state index < -0.39 is 5.97 Å². The Labute approximate surface area is 130 Å². The van der Waals surface area contributed by atoms with Crippen LogP contribution in [0.1, 0.15) is 78.6 Å². The maximum Gasteiger partial charge on any atom is 0.0672 e. The van der Waals surface area contributed by atoms with E-state index in [1.54, 1.807) is 6.92 Å². The molecule has 4 nitrogen and oxygen atoms in total. The lowest BCUT2D eigenvalue weighted by Crippen LogP contribution is -2.44. The van der Waals surface area contributed by atoms with Crippen LogP contribution in [0.3, 0.4) is 0 Å². The lowest BCUT2D eigenvalue weighted by atomic mass is 9.86. The minimum absolute atomic E-state index is 0.181. The molecule has 0 bridgehead atoms. The number of carbonyl (C=O) groups is 1. The first-order valence-corrected chi connectivity index (χ1v) is 8.62. The summed E-state index contributed by atoms with van der Waals surface area (Å²) in [6.07, 6.45) is 8.76. The number of carbonyl (C=O) groups excluding carboxylic acids is 1. The Morgan fingerprint density at radius 1 is 1.10 bits per heavy atom. The molecular formula is C17H34NO3-. The minimum Gasteiger partial charge on any atom is -0.550 e. The molecule has 0 saturated carbocycles. The number of unbranched alkanes of at least 4 members (excludes halogenated alkanes) is 2. The first kappa shape index (κ1) is 20.4. The first-order valence-electron chi connectivity index (χ1n) is 8.62. The zero-order chi connectivity index (χ0) is 16.1. The number of piperidine rings is 1. The van der Waals surface area contributed by atoms with E-state index in [1.807, 2.05) is 0 Å². The van der Waals surface area contributed by atoms with Crippen LogP contribution in [0, 0.1) is 0 Å². The normalized spacial score (nSPS) is 17.9. The number of hydrogen-bond donors (Lipinski definition) is 1. The van der Waals surface area contributed by atoms with Gasteiger partial charge in [0.05, 0.1) is 5.60 Å². The van der Waals surface area contributed by atoms with Crippen LogP contribution >= 0.6 is 0 Å². The van der Waals surface area contributed by atoms with Gasteiger partial charge in [0, 0.05) is 19.1 Å². The van der Waals surface area contributed by atoms with E-state index in [0.29, 0.717) is 6.42 Å². The Bertz CT molecular complexity index is 261. The third-order valence-electron chi connectivity index (χ3n) is 4.06. The van der Waals surface area contributed by atoms with E-state index in [-0.39, 0.29) is 12.0 Å². The zero-order valence-electron chi connectivity index (χ0n) is 14.2. The summed E-state index contributed by atoms with van der Waals surface area (Å²) in [6, 6.07) is 0. The highest BCUT2D eigenvalue weighted by molar-refractivity contribution is 5.63. The van der Waals surface area contributed by atoms with Crippen LogP contribution in [-0.4, -0.2) is 41.2 Å². The van der Waals surface area contributed by atoms with Crippen LogP contribution in [0.25, 0.3) is 0 Å². The summed E-state index contributed by atoms with van der Waals surface area (Å²) < 4.78 is 0. The van der Waals surface area contributed by atoms with E-state index in [1.165, 1.54) is 32.2 Å². The van der Waals surface area contributed by atoms with E-state index >= 15 is 0 Å². The molecule has 0 spiro atoms. The molecule has 0 aromatic heterocycles. The Kier molecular flexibility index (Phi) is 11.6. The number of aliphatic hydroxyl groups is 1. The quantitative estimate of drug-likeness (QED) is 0.747. The fraction of sp³-hybridized carbons (Fsp3) is 0.941. The summed E-state index contributed by atoms with van der Waals surface area (Å²) >= 11 is 0. The van der Waals surface area contributed by atoms with Gasteiger partial charge in [-0.25, -0.2) is 0 Å². The van der Waals surface area contributed by atoms with Crippen LogP contribution in [0.2, 0.25) is 0 Å². The van der Waals surface area contributed by atoms with Gasteiger partial charge < -0.3 is 19.9 Å². The molecule has 21 heavy (non-hydrogen) atoms. The van der Waals surface area contributed by atoms with E-state index in [4.69, 9.17) is 0 Å². The third-order valence-corrected chi connectivity index (χ3v) is 4.06. The van der Waals surface area contributed by atoms with Crippen LogP contribution in [0.5, 0.6) is 0 Å². The van der Waals surface area contributed by atoms with Gasteiger partial charge in [0.2, 0.25) is 0 Å². The van der Waals surface area contributed by atoms with Crippen LogP contribution in [0.4, 0.5) is 0 Å². The summed E-state index contributed by atoms with van der Waals surface area (Å²) in [5.41, 5.74) is -0.335. The van der Waals surface area contributed by atoms with Crippen molar-refractivity contribution in [2.45, 2.75) is 84.2 Å². The van der Waals surface area contributed by atoms with E-state index in [2.05, 4.69) is 18.7 Å². The molecule has 0 radical (unpaired) electrons. The van der Waals surface area contributed by atoms with Gasteiger partial charge in [-0.15, -0.1) is 0 Å². The highest BCUT2D eigenvalue weighted by atomic mass is 16.4. The van der Waals surface area contributed by atoms with E-state index in [0.717, 1.165) is 32.4 Å². The number of carboxylic acid groups (broad SMARTS) is 1. The monoisotopic (exact) mass is 300 g/mol. The zero-order valence-corrected chi connectivity index (χ0v) is 14.2. The standard InChI is InChI=1S/C13H27NO.C4H8O2/c1-3-5-7-13(15)8-11-14(12-9-13)10-6-4-2;1-2-3-4(5)6/h15H,3-12H2,1-2H3;2-3H2,1H3,(H,5,6)/p-1. The van der Waals surface area contributed by atoms with Gasteiger partial charge in [0.25, 0.3) is 0 Å². The molecule has 0 aromatic carbocycles. The number of aliphatic carboxylic acids is 1. The maximum atomic E-state index is 10.3. The summed E-state index contributed by atoms with van der Waals surface area (Å²) in [5, 5.41) is 19.8. The Hall–Kier alpha value is -0.610. The lowest BCUT2D eigenvalue weighted by Gasteiger charge is -2.38. The smallest absolute Gasteiger partial charge is 0.0672 e. The van der Waals surface area contributed by atoms with Crippen molar-refractivity contribution in [1.82, 2.24) is 4.90 Å². The number of nitrogens with zero attached hydrogens (tertiary/aromatic N) is 1. The lowest BCUT2D eigenvalue weighted by molar-refractivity contribution is -0.305. The van der Waals surface area contributed by atoms with Gasteiger partial charge in [-0.05, 0) is 38.6 Å². The first-order chi connectivity index (χ1) is 9.97. The van der Waals surface area contributed by atoms with E-state index in [9.17, 15) is 15.0 Å². The molecule has 1 N–H and O–H groups in total. The van der Waals surface area contributed by atoms with Crippen molar-refractivity contribution >= 4 is 5.97 Å². The van der Waals surface area contributed by atoms with Gasteiger partial charge >= 0.3 is 0 Å². The van der Waals surface area contributed by atoms with Crippen molar-refractivity contribution in [3.8, 4) is 0 Å². The molecule has 1 aliphatic heterocycles. The summed E-state index contributed by atoms with van der Waals surface area (Å²) in [4.78, 5) is 12.0. The SMILES string of the molecule is CCCC(=O)[O-].CCCCN1CCC(O)(CCCC)CC1. The highest BCUT2D eigenvalue weighted by Crippen LogP contribution is 2.27. The average Bonchev–Trinajstić information content (AvgIpc) is 2.45. The van der Waals surface area contributed by atoms with Crippen molar-refractivity contribution in [3.05, 3.63) is 0 Å². The Balaban J connectivity index is 0.000000567. The second kappa shape index (κ2) is 12.0. The van der Waals surface area contributed by atoms with Gasteiger partial charge in [-0.1, -0.05) is 46.5 Å². The van der Waals surface area contributed by atoms with Crippen molar-refractivity contribution in [2.75, 3.05) is 19.6 Å². The molecule has 0 atom stereocenters. The molecule has 1 heterocycles. The molecule has 1 aliphatic rings. The third kappa shape index (κ3) is 10.7. The molecule has 0 aromatic rings. The topological polar surface area (TPSA) is 63.6 Å². The molecule has 0 unspecified atom stereocenters. The minimum atomic E-state index is -0.961. The van der Waals surface area contributed by atoms with Crippen LogP contribution < -0.4 is 5.11 Å². The van der Waals surface area contributed by atoms with Gasteiger partial charge in [0.1, 0.15) is 0 Å². The molecule has 1 saturated heterocycles. The Morgan fingerprint density at radius 3 is 2.05 bits per heavy atom. The number of likely N-dealkylation sites (tertiary alicyclic amines) is 1. The highest BCUT2D eigenvalue weighted by Gasteiger charge is 2.30. The summed E-state index contributed by atoms with van der Waals surface area (Å²) in [7, 11) is 0. The fourth-order valence-corrected chi connectivity index (χ4v) is 2.53. The number of rotatable bonds is 8. The summed E-state index contributed by atoms with van der Waals surface area (Å²) in [5.74, 6) is -0.961. The summed E-state index contributed by atoms with van der Waals surface area (Å²) in [6.45, 7) is 9.65. The van der Waals surface area contributed by atoms with Crippen LogP contribution in [-0.2, 0) is 4.79 Å². The molecule has 1 rings (SSSR count). The average molecular weight is 300 g/mol. The molecule has 1 fully saturated rings. The predicted octanol–water partition coefficient (Wildman–Crippen LogP) is 2.34. The largest absolute Gasteiger partial charge is 0.550 e.